The van der Waals surface area contributed by atoms with Crippen LogP contribution in [-0.2, 0) is 16.1 Å². The smallest absolute Gasteiger partial charge is 0.406 e. The van der Waals surface area contributed by atoms with E-state index in [2.05, 4.69) is 19.7 Å². The highest BCUT2D eigenvalue weighted by atomic mass is 19.4. The Balaban J connectivity index is 1.88. The number of carbonyl (C=O) groups is 1. The van der Waals surface area contributed by atoms with Gasteiger partial charge in [-0.1, -0.05) is 30.3 Å². The van der Waals surface area contributed by atoms with Crippen LogP contribution in [0.15, 0.2) is 61.2 Å². The van der Waals surface area contributed by atoms with Crippen molar-refractivity contribution >= 4 is 17.1 Å². The largest absolute Gasteiger partial charge is 0.468 e. The number of nitrogens with zero attached hydrogens (tertiary/aromatic N) is 4. The van der Waals surface area contributed by atoms with Gasteiger partial charge in [0.2, 0.25) is 0 Å². The average Bonchev–Trinajstić information content (AvgIpc) is 3.17. The molecule has 1 unspecified atom stereocenters. The standard InChI is InChI=1S/C22H16F4N4O2/c1-32-21(31)17(22(24,25)26)16-9-14(23)7-8-15(16)18-19-20(28-11-27-18)30(12-29-19)10-13-5-3-2-4-6-13/h2-9,11-12,17H,10H2,1H3. The van der Waals surface area contributed by atoms with Gasteiger partial charge in [-0.05, 0) is 29.3 Å². The summed E-state index contributed by atoms with van der Waals surface area (Å²) >= 11 is 0. The lowest BCUT2D eigenvalue weighted by atomic mass is 9.91. The molecule has 0 amide bonds. The van der Waals surface area contributed by atoms with Crippen molar-refractivity contribution in [3.05, 3.63) is 78.1 Å². The fourth-order valence-electron chi connectivity index (χ4n) is 3.52. The normalized spacial score (nSPS) is 12.7. The molecule has 0 saturated heterocycles. The van der Waals surface area contributed by atoms with Gasteiger partial charge in [0, 0.05) is 5.56 Å². The first-order valence-electron chi connectivity index (χ1n) is 9.43. The zero-order valence-corrected chi connectivity index (χ0v) is 16.7. The molecule has 0 aliphatic rings. The van der Waals surface area contributed by atoms with Crippen LogP contribution in [0, 0.1) is 5.82 Å². The number of imidazole rings is 1. The first-order valence-corrected chi connectivity index (χ1v) is 9.43. The summed E-state index contributed by atoms with van der Waals surface area (Å²) < 4.78 is 61.3. The van der Waals surface area contributed by atoms with Crippen LogP contribution in [0.5, 0.6) is 0 Å². The molecule has 2 aromatic heterocycles. The highest BCUT2D eigenvalue weighted by Crippen LogP contribution is 2.41. The summed E-state index contributed by atoms with van der Waals surface area (Å²) in [5.74, 6) is -5.17. The van der Waals surface area contributed by atoms with Gasteiger partial charge in [-0.15, -0.1) is 0 Å². The van der Waals surface area contributed by atoms with Gasteiger partial charge in [-0.25, -0.2) is 19.3 Å². The highest BCUT2D eigenvalue weighted by Gasteiger charge is 2.48. The van der Waals surface area contributed by atoms with E-state index in [1.807, 2.05) is 30.3 Å². The lowest BCUT2D eigenvalue weighted by Crippen LogP contribution is -2.30. The van der Waals surface area contributed by atoms with E-state index in [4.69, 9.17) is 0 Å². The van der Waals surface area contributed by atoms with Crippen molar-refractivity contribution in [3.63, 3.8) is 0 Å². The number of benzene rings is 2. The van der Waals surface area contributed by atoms with Crippen molar-refractivity contribution < 1.29 is 27.1 Å². The van der Waals surface area contributed by atoms with Gasteiger partial charge in [0.25, 0.3) is 0 Å². The zero-order chi connectivity index (χ0) is 22.9. The van der Waals surface area contributed by atoms with E-state index in [9.17, 15) is 22.4 Å². The van der Waals surface area contributed by atoms with E-state index < -0.39 is 29.4 Å². The first kappa shape index (κ1) is 21.4. The molecule has 2 aromatic carbocycles. The number of halogens is 4. The molecule has 0 aliphatic heterocycles. The minimum absolute atomic E-state index is 0.0509. The maximum Gasteiger partial charge on any atom is 0.406 e. The molecule has 0 N–H and O–H groups in total. The summed E-state index contributed by atoms with van der Waals surface area (Å²) in [7, 11) is 0.841. The van der Waals surface area contributed by atoms with Crippen LogP contribution in [0.25, 0.3) is 22.4 Å². The Hall–Kier alpha value is -3.82. The third-order valence-corrected chi connectivity index (χ3v) is 4.94. The van der Waals surface area contributed by atoms with Gasteiger partial charge < -0.3 is 9.30 Å². The molecular formula is C22H16F4N4O2. The summed E-state index contributed by atoms with van der Waals surface area (Å²) in [5.41, 5.74) is 0.934. The van der Waals surface area contributed by atoms with Gasteiger partial charge in [-0.2, -0.15) is 13.2 Å². The monoisotopic (exact) mass is 444 g/mol. The Morgan fingerprint density at radius 3 is 2.53 bits per heavy atom. The molecule has 4 aromatic rings. The molecule has 2 heterocycles. The molecule has 6 nitrogen and oxygen atoms in total. The Morgan fingerprint density at radius 1 is 1.09 bits per heavy atom. The molecule has 0 aliphatic carbocycles. The lowest BCUT2D eigenvalue weighted by Gasteiger charge is -2.21. The van der Waals surface area contributed by atoms with Crippen molar-refractivity contribution in [2.24, 2.45) is 0 Å². The van der Waals surface area contributed by atoms with E-state index in [-0.39, 0.29) is 16.8 Å². The van der Waals surface area contributed by atoms with Crippen LogP contribution in [0.3, 0.4) is 0 Å². The predicted molar refractivity (Wildman–Crippen MR) is 107 cm³/mol. The number of esters is 1. The molecule has 0 saturated carbocycles. The Morgan fingerprint density at radius 2 is 1.84 bits per heavy atom. The third kappa shape index (κ3) is 4.03. The van der Waals surface area contributed by atoms with Crippen molar-refractivity contribution in [3.8, 4) is 11.3 Å². The number of carbonyl (C=O) groups excluding carboxylic acids is 1. The lowest BCUT2D eigenvalue weighted by molar-refractivity contribution is -0.179. The van der Waals surface area contributed by atoms with E-state index >= 15 is 0 Å². The number of aromatic nitrogens is 4. The number of fused-ring (bicyclic) bond motifs is 1. The maximum absolute atomic E-state index is 14.0. The van der Waals surface area contributed by atoms with E-state index in [1.165, 1.54) is 12.7 Å². The average molecular weight is 444 g/mol. The number of hydrogen-bond acceptors (Lipinski definition) is 5. The van der Waals surface area contributed by atoms with Crippen LogP contribution in [-0.4, -0.2) is 38.8 Å². The summed E-state index contributed by atoms with van der Waals surface area (Å²) in [6.45, 7) is 0.428. The SMILES string of the molecule is COC(=O)C(c1cc(F)ccc1-c1ncnc2c1ncn2Cc1ccccc1)C(F)(F)F. The van der Waals surface area contributed by atoms with Crippen LogP contribution >= 0.6 is 0 Å². The molecule has 0 radical (unpaired) electrons. The minimum atomic E-state index is -5.01. The van der Waals surface area contributed by atoms with E-state index in [1.54, 1.807) is 4.57 Å². The van der Waals surface area contributed by atoms with Crippen molar-refractivity contribution in [1.82, 2.24) is 19.5 Å². The number of ether oxygens (including phenoxy) is 1. The van der Waals surface area contributed by atoms with Crippen molar-refractivity contribution in [1.29, 1.82) is 0 Å². The summed E-state index contributed by atoms with van der Waals surface area (Å²) in [4.78, 5) is 24.6. The molecule has 1 atom stereocenters. The van der Waals surface area contributed by atoms with Gasteiger partial charge >= 0.3 is 12.1 Å². The van der Waals surface area contributed by atoms with Gasteiger partial charge in [0.05, 0.1) is 20.0 Å². The molecule has 0 bridgehead atoms. The minimum Gasteiger partial charge on any atom is -0.468 e. The second kappa shape index (κ2) is 8.37. The van der Waals surface area contributed by atoms with Gasteiger partial charge in [-0.3, -0.25) is 4.79 Å². The van der Waals surface area contributed by atoms with Crippen molar-refractivity contribution in [2.75, 3.05) is 7.11 Å². The molecule has 10 heteroatoms. The highest BCUT2D eigenvalue weighted by molar-refractivity contribution is 5.91. The Kier molecular flexibility index (Phi) is 5.60. The molecular weight excluding hydrogens is 428 g/mol. The molecule has 0 fully saturated rings. The molecule has 0 spiro atoms. The number of alkyl halides is 3. The second-order valence-electron chi connectivity index (χ2n) is 6.98. The maximum atomic E-state index is 14.0. The summed E-state index contributed by atoms with van der Waals surface area (Å²) in [6, 6.07) is 12.3. The van der Waals surface area contributed by atoms with E-state index in [0.717, 1.165) is 24.8 Å². The molecule has 4 rings (SSSR count). The summed E-state index contributed by atoms with van der Waals surface area (Å²) in [5, 5.41) is 0. The third-order valence-electron chi connectivity index (χ3n) is 4.94. The van der Waals surface area contributed by atoms with Crippen LogP contribution in [0.2, 0.25) is 0 Å². The Bertz CT molecular complexity index is 1270. The van der Waals surface area contributed by atoms with Crippen LogP contribution in [0.1, 0.15) is 17.0 Å². The van der Waals surface area contributed by atoms with Crippen LogP contribution < -0.4 is 0 Å². The second-order valence-corrected chi connectivity index (χ2v) is 6.98. The number of methoxy groups -OCH3 is 1. The first-order chi connectivity index (χ1) is 15.3. The molecule has 164 valence electrons. The summed E-state index contributed by atoms with van der Waals surface area (Å²) in [6.07, 6.45) is -2.32. The Labute approximate surface area is 179 Å². The van der Waals surface area contributed by atoms with Crippen molar-refractivity contribution in [2.45, 2.75) is 18.6 Å². The topological polar surface area (TPSA) is 69.9 Å². The molecule has 32 heavy (non-hydrogen) atoms. The zero-order valence-electron chi connectivity index (χ0n) is 16.7. The fraction of sp³-hybridized carbons (Fsp3) is 0.182. The van der Waals surface area contributed by atoms with Gasteiger partial charge in [0.1, 0.15) is 23.4 Å². The fourth-order valence-corrected chi connectivity index (χ4v) is 3.52. The quantitative estimate of drug-likeness (QED) is 0.335. The number of rotatable bonds is 5. The predicted octanol–water partition coefficient (Wildman–Crippen LogP) is 4.50. The van der Waals surface area contributed by atoms with E-state index in [0.29, 0.717) is 18.3 Å². The van der Waals surface area contributed by atoms with Crippen LogP contribution in [0.4, 0.5) is 17.6 Å². The van der Waals surface area contributed by atoms with Gasteiger partial charge in [0.15, 0.2) is 11.6 Å². The number of hydrogen-bond donors (Lipinski definition) is 0.